The molecule has 0 radical (unpaired) electrons. The van der Waals surface area contributed by atoms with Crippen LogP contribution in [-0.4, -0.2) is 43.5 Å². The maximum atomic E-state index is 13.2. The molecular formula is C17H28N2O3S. The van der Waals surface area contributed by atoms with E-state index in [2.05, 4.69) is 26.1 Å². The van der Waals surface area contributed by atoms with Crippen LogP contribution >= 0.6 is 0 Å². The minimum absolute atomic E-state index is 0.0256. The van der Waals surface area contributed by atoms with Crippen LogP contribution in [0, 0.1) is 28.6 Å². The first-order valence-corrected chi connectivity index (χ1v) is 10.6. The fourth-order valence-corrected chi connectivity index (χ4v) is 8.78. The fourth-order valence-electron chi connectivity index (χ4n) is 6.19. The molecule has 2 aliphatic heterocycles. The van der Waals surface area contributed by atoms with E-state index in [1.54, 1.807) is 0 Å². The quantitative estimate of drug-likeness (QED) is 0.829. The first kappa shape index (κ1) is 15.9. The molecule has 0 aromatic carbocycles. The lowest BCUT2D eigenvalue weighted by Gasteiger charge is -2.37. The summed E-state index contributed by atoms with van der Waals surface area (Å²) < 4.78 is 27.2. The van der Waals surface area contributed by atoms with E-state index in [-0.39, 0.29) is 40.4 Å². The predicted octanol–water partition coefficient (Wildman–Crippen LogP) is 1.60. The van der Waals surface area contributed by atoms with Crippen LogP contribution in [0.1, 0.15) is 46.5 Å². The van der Waals surface area contributed by atoms with Crippen molar-refractivity contribution in [2.24, 2.45) is 28.6 Å². The molecule has 4 fully saturated rings. The van der Waals surface area contributed by atoms with Crippen molar-refractivity contribution in [1.29, 1.82) is 0 Å². The highest BCUT2D eigenvalue weighted by Gasteiger charge is 2.72. The number of hydrogen-bond acceptors (Lipinski definition) is 4. The highest BCUT2D eigenvalue weighted by Crippen LogP contribution is 2.70. The maximum absolute atomic E-state index is 13.2. The summed E-state index contributed by atoms with van der Waals surface area (Å²) in [6, 6.07) is -0.0909. The van der Waals surface area contributed by atoms with E-state index in [4.69, 9.17) is 0 Å². The lowest BCUT2D eigenvalue weighted by molar-refractivity contribution is -0.133. The molecule has 1 N–H and O–H groups in total. The van der Waals surface area contributed by atoms with Crippen molar-refractivity contribution in [3.05, 3.63) is 0 Å². The Kier molecular flexibility index (Phi) is 3.26. The van der Waals surface area contributed by atoms with Gasteiger partial charge in [0.15, 0.2) is 0 Å². The van der Waals surface area contributed by atoms with Crippen LogP contribution in [0.15, 0.2) is 0 Å². The molecule has 1 amide bonds. The number of rotatable bonds is 2. The van der Waals surface area contributed by atoms with Crippen LogP contribution in [0.25, 0.3) is 0 Å². The number of hydrogen-bond donors (Lipinski definition) is 1. The molecule has 4 rings (SSSR count). The first-order chi connectivity index (χ1) is 10.7. The third-order valence-corrected chi connectivity index (χ3v) is 9.72. The van der Waals surface area contributed by atoms with E-state index in [9.17, 15) is 13.2 Å². The van der Waals surface area contributed by atoms with E-state index in [0.717, 1.165) is 32.2 Å². The lowest BCUT2D eigenvalue weighted by atomic mass is 9.69. The summed E-state index contributed by atoms with van der Waals surface area (Å²) in [7, 11) is -3.47. The van der Waals surface area contributed by atoms with Crippen molar-refractivity contribution in [2.45, 2.75) is 52.5 Å². The molecule has 2 heterocycles. The van der Waals surface area contributed by atoms with Gasteiger partial charge in [-0.3, -0.25) is 4.79 Å². The number of carbonyl (C=O) groups excluding carboxylic acids is 1. The predicted molar refractivity (Wildman–Crippen MR) is 88.1 cm³/mol. The number of fused-ring (bicyclic) bond motifs is 1. The van der Waals surface area contributed by atoms with E-state index < -0.39 is 10.0 Å². The van der Waals surface area contributed by atoms with Crippen LogP contribution in [0.3, 0.4) is 0 Å². The summed E-state index contributed by atoms with van der Waals surface area (Å²) >= 11 is 0. The molecule has 6 heteroatoms. The van der Waals surface area contributed by atoms with Gasteiger partial charge in [-0.05, 0) is 43.1 Å². The van der Waals surface area contributed by atoms with E-state index >= 15 is 0 Å². The van der Waals surface area contributed by atoms with Gasteiger partial charge in [0.25, 0.3) is 0 Å². The van der Waals surface area contributed by atoms with Crippen LogP contribution in [0.2, 0.25) is 0 Å². The average molecular weight is 340 g/mol. The zero-order valence-corrected chi connectivity index (χ0v) is 15.2. The maximum Gasteiger partial charge on any atom is 0.241 e. The molecule has 130 valence electrons. The second kappa shape index (κ2) is 4.72. The minimum Gasteiger partial charge on any atom is -0.316 e. The second-order valence-electron chi connectivity index (χ2n) is 8.69. The molecule has 2 aliphatic carbocycles. The second-order valence-corrected chi connectivity index (χ2v) is 10.5. The van der Waals surface area contributed by atoms with Gasteiger partial charge in [0.05, 0.1) is 17.7 Å². The van der Waals surface area contributed by atoms with Gasteiger partial charge in [-0.2, -0.15) is 0 Å². The van der Waals surface area contributed by atoms with E-state index in [0.29, 0.717) is 12.5 Å². The molecule has 1 unspecified atom stereocenters. The van der Waals surface area contributed by atoms with Gasteiger partial charge in [0, 0.05) is 12.0 Å². The van der Waals surface area contributed by atoms with Gasteiger partial charge in [0.1, 0.15) is 0 Å². The Bertz CT molecular complexity index is 644. The minimum atomic E-state index is -3.47. The highest BCUT2D eigenvalue weighted by atomic mass is 32.2. The third kappa shape index (κ3) is 1.82. The zero-order valence-electron chi connectivity index (χ0n) is 14.3. The van der Waals surface area contributed by atoms with Crippen molar-refractivity contribution >= 4 is 15.9 Å². The summed E-state index contributed by atoms with van der Waals surface area (Å²) in [4.78, 5) is 13.2. The molecule has 2 saturated heterocycles. The first-order valence-electron chi connectivity index (χ1n) is 9.01. The number of sulfonamides is 1. The van der Waals surface area contributed by atoms with Crippen molar-refractivity contribution in [3.63, 3.8) is 0 Å². The molecule has 2 saturated carbocycles. The van der Waals surface area contributed by atoms with Gasteiger partial charge >= 0.3 is 0 Å². The van der Waals surface area contributed by atoms with Crippen LogP contribution in [0.5, 0.6) is 0 Å². The number of carbonyl (C=O) groups is 1. The smallest absolute Gasteiger partial charge is 0.241 e. The summed E-state index contributed by atoms with van der Waals surface area (Å²) in [5.74, 6) is 0.693. The molecule has 0 aromatic rings. The Morgan fingerprint density at radius 2 is 2.04 bits per heavy atom. The van der Waals surface area contributed by atoms with Crippen LogP contribution < -0.4 is 5.32 Å². The van der Waals surface area contributed by atoms with Crippen LogP contribution in [-0.2, 0) is 14.8 Å². The number of amides is 1. The van der Waals surface area contributed by atoms with Gasteiger partial charge in [-0.25, -0.2) is 12.7 Å². The molecular weight excluding hydrogens is 312 g/mol. The third-order valence-electron chi connectivity index (χ3n) is 7.81. The lowest BCUT2D eigenvalue weighted by Crippen LogP contribution is -2.47. The summed E-state index contributed by atoms with van der Waals surface area (Å²) in [5.41, 5.74) is -0.183. The normalized spacial score (nSPS) is 46.3. The molecule has 5 atom stereocenters. The van der Waals surface area contributed by atoms with E-state index in [1.807, 2.05) is 0 Å². The summed E-state index contributed by atoms with van der Waals surface area (Å²) in [6.07, 6.45) is 3.86. The van der Waals surface area contributed by atoms with Gasteiger partial charge in [0.2, 0.25) is 15.9 Å². The molecule has 23 heavy (non-hydrogen) atoms. The van der Waals surface area contributed by atoms with E-state index in [1.165, 1.54) is 4.31 Å². The molecule has 4 aliphatic rings. The van der Waals surface area contributed by atoms with Gasteiger partial charge < -0.3 is 5.32 Å². The van der Waals surface area contributed by atoms with Crippen molar-refractivity contribution in [1.82, 2.24) is 9.62 Å². The van der Waals surface area contributed by atoms with Crippen molar-refractivity contribution in [3.8, 4) is 0 Å². The number of nitrogens with zero attached hydrogens (tertiary/aromatic N) is 1. The molecule has 0 aromatic heterocycles. The Hall–Kier alpha value is -0.620. The monoisotopic (exact) mass is 340 g/mol. The Morgan fingerprint density at radius 1 is 1.30 bits per heavy atom. The molecule has 2 bridgehead atoms. The summed E-state index contributed by atoms with van der Waals surface area (Å²) in [6.45, 7) is 7.97. The standard InChI is InChI=1S/C17H28N2O3S/c1-4-11-8-18-9-13(11)15(20)19-14-7-12-5-6-17(14,16(12,2)3)10-23(19,21)22/h11-14,18H,4-10H2,1-3H3/t11-,12?,13+,14+,17+/m1/s1. The van der Waals surface area contributed by atoms with Gasteiger partial charge in [-0.15, -0.1) is 0 Å². The molecule has 1 spiro atoms. The van der Waals surface area contributed by atoms with Gasteiger partial charge in [-0.1, -0.05) is 27.2 Å². The Morgan fingerprint density at radius 3 is 2.70 bits per heavy atom. The SMILES string of the molecule is CC[C@@H]1CNC[C@@H]1C(=O)N1[C@H]2CC3CC[C@@]2(CS1(=O)=O)C3(C)C. The zero-order chi connectivity index (χ0) is 16.6. The fraction of sp³-hybridized carbons (Fsp3) is 0.941. The average Bonchev–Trinajstić information content (AvgIpc) is 3.14. The van der Waals surface area contributed by atoms with Crippen molar-refractivity contribution < 1.29 is 13.2 Å². The number of nitrogens with one attached hydrogen (secondary N) is 1. The Labute approximate surface area is 139 Å². The highest BCUT2D eigenvalue weighted by molar-refractivity contribution is 7.90. The topological polar surface area (TPSA) is 66.5 Å². The van der Waals surface area contributed by atoms with Crippen LogP contribution in [0.4, 0.5) is 0 Å². The Balaban J connectivity index is 1.71. The van der Waals surface area contributed by atoms with Crippen molar-refractivity contribution in [2.75, 3.05) is 18.8 Å². The molecule has 5 nitrogen and oxygen atoms in total. The summed E-state index contributed by atoms with van der Waals surface area (Å²) in [5, 5.41) is 3.27. The largest absolute Gasteiger partial charge is 0.316 e.